The monoisotopic (exact) mass is 330 g/mol. The molecule has 1 aliphatic carbocycles. The van der Waals surface area contributed by atoms with Crippen LogP contribution in [0.1, 0.15) is 48.4 Å². The third-order valence-corrected chi connectivity index (χ3v) is 4.86. The van der Waals surface area contributed by atoms with Crippen molar-refractivity contribution in [2.24, 2.45) is 11.8 Å². The number of carbonyl (C=O) groups excluding carboxylic acids is 3. The second-order valence-electron chi connectivity index (χ2n) is 6.77. The molecule has 0 N–H and O–H groups in total. The molecule has 0 saturated heterocycles. The molecule has 2 unspecified atom stereocenters. The van der Waals surface area contributed by atoms with Crippen LogP contribution in [0.25, 0.3) is 0 Å². The SMILES string of the molecule is CCOC(=O)C1CCC(=O)CC1C(=O)Cc1c(C)cc(C)cc1C. The van der Waals surface area contributed by atoms with Crippen molar-refractivity contribution in [1.82, 2.24) is 0 Å². The van der Waals surface area contributed by atoms with Gasteiger partial charge in [0.1, 0.15) is 11.6 Å². The highest BCUT2D eigenvalue weighted by Crippen LogP contribution is 2.31. The average Bonchev–Trinajstić information content (AvgIpc) is 2.50. The van der Waals surface area contributed by atoms with Gasteiger partial charge in [-0.05, 0) is 50.8 Å². The first kappa shape index (κ1) is 18.4. The van der Waals surface area contributed by atoms with Crippen LogP contribution in [-0.4, -0.2) is 24.1 Å². The number of Topliss-reactive ketones (excluding diaryl/α,β-unsaturated/α-hetero) is 2. The summed E-state index contributed by atoms with van der Waals surface area (Å²) >= 11 is 0. The number of ketones is 2. The van der Waals surface area contributed by atoms with Crippen molar-refractivity contribution >= 4 is 17.5 Å². The van der Waals surface area contributed by atoms with E-state index in [0.717, 1.165) is 16.7 Å². The van der Waals surface area contributed by atoms with Gasteiger partial charge in [-0.25, -0.2) is 0 Å². The number of aryl methyl sites for hydroxylation is 3. The van der Waals surface area contributed by atoms with E-state index in [0.29, 0.717) is 19.4 Å². The van der Waals surface area contributed by atoms with E-state index in [9.17, 15) is 14.4 Å². The van der Waals surface area contributed by atoms with Crippen molar-refractivity contribution < 1.29 is 19.1 Å². The van der Waals surface area contributed by atoms with Crippen molar-refractivity contribution in [3.05, 3.63) is 34.4 Å². The van der Waals surface area contributed by atoms with Crippen LogP contribution in [0.4, 0.5) is 0 Å². The van der Waals surface area contributed by atoms with Crippen LogP contribution in [0.3, 0.4) is 0 Å². The van der Waals surface area contributed by atoms with Gasteiger partial charge in [0.05, 0.1) is 12.5 Å². The molecular weight excluding hydrogens is 304 g/mol. The molecule has 1 saturated carbocycles. The first-order valence-corrected chi connectivity index (χ1v) is 8.61. The molecule has 1 aromatic rings. The highest BCUT2D eigenvalue weighted by molar-refractivity contribution is 5.94. The Morgan fingerprint density at radius 3 is 2.33 bits per heavy atom. The van der Waals surface area contributed by atoms with Crippen molar-refractivity contribution in [3.63, 3.8) is 0 Å². The van der Waals surface area contributed by atoms with Gasteiger partial charge in [0, 0.05) is 25.2 Å². The van der Waals surface area contributed by atoms with Crippen molar-refractivity contribution in [3.8, 4) is 0 Å². The lowest BCUT2D eigenvalue weighted by molar-refractivity contribution is -0.154. The van der Waals surface area contributed by atoms with Gasteiger partial charge in [-0.15, -0.1) is 0 Å². The topological polar surface area (TPSA) is 60.4 Å². The molecule has 0 aliphatic heterocycles. The number of hydrogen-bond donors (Lipinski definition) is 0. The first-order valence-electron chi connectivity index (χ1n) is 8.61. The molecule has 0 aromatic heterocycles. The summed E-state index contributed by atoms with van der Waals surface area (Å²) in [5.41, 5.74) is 4.33. The van der Waals surface area contributed by atoms with Crippen molar-refractivity contribution in [2.45, 2.75) is 53.4 Å². The fraction of sp³-hybridized carbons (Fsp3) is 0.550. The van der Waals surface area contributed by atoms with Crippen LogP contribution in [0.15, 0.2) is 12.1 Å². The quantitative estimate of drug-likeness (QED) is 0.777. The van der Waals surface area contributed by atoms with Crippen LogP contribution < -0.4 is 0 Å². The Labute approximate surface area is 143 Å². The molecule has 2 rings (SSSR count). The maximum absolute atomic E-state index is 12.9. The number of benzene rings is 1. The summed E-state index contributed by atoms with van der Waals surface area (Å²) in [6.45, 7) is 8.07. The second kappa shape index (κ2) is 7.73. The molecule has 1 aromatic carbocycles. The molecular formula is C20H26O4. The van der Waals surface area contributed by atoms with Crippen LogP contribution in [0.5, 0.6) is 0 Å². The zero-order valence-electron chi connectivity index (χ0n) is 15.0. The minimum atomic E-state index is -0.551. The molecule has 0 spiro atoms. The molecule has 1 aliphatic rings. The Balaban J connectivity index is 2.22. The van der Waals surface area contributed by atoms with Gasteiger partial charge in [-0.1, -0.05) is 17.7 Å². The third kappa shape index (κ3) is 4.11. The van der Waals surface area contributed by atoms with E-state index in [1.165, 1.54) is 5.56 Å². The molecule has 0 radical (unpaired) electrons. The van der Waals surface area contributed by atoms with Gasteiger partial charge in [-0.3, -0.25) is 14.4 Å². The fourth-order valence-corrected chi connectivity index (χ4v) is 3.67. The number of hydrogen-bond acceptors (Lipinski definition) is 4. The van der Waals surface area contributed by atoms with Crippen LogP contribution in [0, 0.1) is 32.6 Å². The Morgan fingerprint density at radius 1 is 1.12 bits per heavy atom. The summed E-state index contributed by atoms with van der Waals surface area (Å²) < 4.78 is 5.11. The van der Waals surface area contributed by atoms with E-state index in [1.807, 2.05) is 20.8 Å². The first-order chi connectivity index (χ1) is 11.3. The normalized spacial score (nSPS) is 20.8. The van der Waals surface area contributed by atoms with E-state index in [1.54, 1.807) is 6.92 Å². The van der Waals surface area contributed by atoms with Gasteiger partial charge in [0.15, 0.2) is 0 Å². The summed E-state index contributed by atoms with van der Waals surface area (Å²) in [6, 6.07) is 4.12. The Bertz CT molecular complexity index is 637. The molecule has 4 nitrogen and oxygen atoms in total. The number of carbonyl (C=O) groups is 3. The number of esters is 1. The molecule has 130 valence electrons. The lowest BCUT2D eigenvalue weighted by atomic mass is 9.74. The molecule has 0 bridgehead atoms. The number of ether oxygens (including phenoxy) is 1. The zero-order valence-corrected chi connectivity index (χ0v) is 15.0. The molecule has 0 heterocycles. The minimum absolute atomic E-state index is 0.0313. The highest BCUT2D eigenvalue weighted by Gasteiger charge is 2.39. The maximum Gasteiger partial charge on any atom is 0.309 e. The fourth-order valence-electron chi connectivity index (χ4n) is 3.67. The summed E-state index contributed by atoms with van der Waals surface area (Å²) in [5.74, 6) is -1.35. The Kier molecular flexibility index (Phi) is 5.92. The summed E-state index contributed by atoms with van der Waals surface area (Å²) in [5, 5.41) is 0. The van der Waals surface area contributed by atoms with Crippen LogP contribution in [0.2, 0.25) is 0 Å². The predicted octanol–water partition coefficient (Wildman–Crippen LogP) is 3.27. The van der Waals surface area contributed by atoms with Gasteiger partial charge in [-0.2, -0.15) is 0 Å². The summed E-state index contributed by atoms with van der Waals surface area (Å²) in [4.78, 5) is 36.9. The highest BCUT2D eigenvalue weighted by atomic mass is 16.5. The van der Waals surface area contributed by atoms with E-state index in [-0.39, 0.29) is 30.4 Å². The van der Waals surface area contributed by atoms with E-state index < -0.39 is 11.8 Å². The standard InChI is InChI=1S/C20H26O4/c1-5-24-20(23)16-7-6-15(21)10-18(16)19(22)11-17-13(3)8-12(2)9-14(17)4/h8-9,16,18H,5-7,10-11H2,1-4H3. The van der Waals surface area contributed by atoms with Gasteiger partial charge in [0.25, 0.3) is 0 Å². The third-order valence-electron chi connectivity index (χ3n) is 4.86. The van der Waals surface area contributed by atoms with E-state index >= 15 is 0 Å². The molecule has 2 atom stereocenters. The largest absolute Gasteiger partial charge is 0.466 e. The zero-order chi connectivity index (χ0) is 17.9. The number of rotatable bonds is 5. The molecule has 1 fully saturated rings. The molecule has 0 amide bonds. The Morgan fingerprint density at radius 2 is 1.75 bits per heavy atom. The minimum Gasteiger partial charge on any atom is -0.466 e. The smallest absolute Gasteiger partial charge is 0.309 e. The summed E-state index contributed by atoms with van der Waals surface area (Å²) in [6.07, 6.45) is 1.20. The van der Waals surface area contributed by atoms with Gasteiger partial charge in [0.2, 0.25) is 0 Å². The van der Waals surface area contributed by atoms with E-state index in [4.69, 9.17) is 4.74 Å². The van der Waals surface area contributed by atoms with E-state index in [2.05, 4.69) is 12.1 Å². The summed E-state index contributed by atoms with van der Waals surface area (Å²) in [7, 11) is 0. The second-order valence-corrected chi connectivity index (χ2v) is 6.77. The lowest BCUT2D eigenvalue weighted by Crippen LogP contribution is -2.37. The lowest BCUT2D eigenvalue weighted by Gasteiger charge is -2.28. The van der Waals surface area contributed by atoms with Crippen LogP contribution >= 0.6 is 0 Å². The molecule has 24 heavy (non-hydrogen) atoms. The van der Waals surface area contributed by atoms with Crippen molar-refractivity contribution in [2.75, 3.05) is 6.61 Å². The molecule has 4 heteroatoms. The van der Waals surface area contributed by atoms with Crippen molar-refractivity contribution in [1.29, 1.82) is 0 Å². The average molecular weight is 330 g/mol. The predicted molar refractivity (Wildman–Crippen MR) is 91.8 cm³/mol. The van der Waals surface area contributed by atoms with Gasteiger partial charge >= 0.3 is 5.97 Å². The maximum atomic E-state index is 12.9. The van der Waals surface area contributed by atoms with Crippen LogP contribution in [-0.2, 0) is 25.5 Å². The van der Waals surface area contributed by atoms with Gasteiger partial charge < -0.3 is 4.74 Å². The Hall–Kier alpha value is -1.97.